The maximum absolute atomic E-state index is 11.0. The van der Waals surface area contributed by atoms with Gasteiger partial charge >= 0.3 is 0 Å². The number of nitro groups is 2. The molecule has 0 spiro atoms. The van der Waals surface area contributed by atoms with Gasteiger partial charge in [-0.15, -0.1) is 0 Å². The largest absolute Gasteiger partial charge is 0.457 e. The van der Waals surface area contributed by atoms with Crippen molar-refractivity contribution in [3.05, 3.63) is 128 Å². The van der Waals surface area contributed by atoms with E-state index in [0.717, 1.165) is 30.6 Å². The maximum atomic E-state index is 11.0. The molecule has 0 amide bonds. The van der Waals surface area contributed by atoms with E-state index in [2.05, 4.69) is 31.2 Å². The Morgan fingerprint density at radius 1 is 0.583 bits per heavy atom. The number of ether oxygens (including phenoxy) is 2. The molecule has 0 radical (unpaired) electrons. The lowest BCUT2D eigenvalue weighted by molar-refractivity contribution is -0.385. The predicted octanol–water partition coefficient (Wildman–Crippen LogP) is 11.6. The number of hydrogen-bond donors (Lipinski definition) is 0. The van der Waals surface area contributed by atoms with Crippen molar-refractivity contribution in [2.75, 3.05) is 0 Å². The summed E-state index contributed by atoms with van der Waals surface area (Å²) in [5.74, 6) is 4.98. The highest BCUT2D eigenvalue weighted by atomic mass is 16.6. The van der Waals surface area contributed by atoms with Gasteiger partial charge in [-0.2, -0.15) is 0 Å². The molecule has 0 unspecified atom stereocenters. The van der Waals surface area contributed by atoms with Crippen LogP contribution in [0.4, 0.5) is 11.4 Å². The molecule has 0 aliphatic heterocycles. The highest BCUT2D eigenvalue weighted by Crippen LogP contribution is 2.51. The second-order valence-electron chi connectivity index (χ2n) is 13.6. The summed E-state index contributed by atoms with van der Waals surface area (Å²) in [6.45, 7) is 2.29. The van der Waals surface area contributed by atoms with Crippen molar-refractivity contribution < 1.29 is 19.3 Å². The number of nitro benzene ring substituents is 2. The van der Waals surface area contributed by atoms with Gasteiger partial charge in [-0.05, 0) is 116 Å². The van der Waals surface area contributed by atoms with E-state index in [1.165, 1.54) is 93.2 Å². The third-order valence-electron chi connectivity index (χ3n) is 10.8. The van der Waals surface area contributed by atoms with Crippen molar-refractivity contribution >= 4 is 11.4 Å². The Kier molecular flexibility index (Phi) is 10.4. The number of non-ortho nitro benzene ring substituents is 2. The van der Waals surface area contributed by atoms with Gasteiger partial charge in [0.05, 0.1) is 9.85 Å². The van der Waals surface area contributed by atoms with Crippen molar-refractivity contribution in [1.82, 2.24) is 0 Å². The van der Waals surface area contributed by atoms with Gasteiger partial charge in [0, 0.05) is 29.7 Å². The Balaban J connectivity index is 1.19. The summed E-state index contributed by atoms with van der Waals surface area (Å²) < 4.78 is 12.1. The fraction of sp³-hybridized carbons (Fsp3) is 0.400. The highest BCUT2D eigenvalue weighted by Gasteiger charge is 2.41. The molecular formula is C40H44N2O6. The smallest absolute Gasteiger partial charge is 0.269 e. The van der Waals surface area contributed by atoms with Crippen LogP contribution in [0.1, 0.15) is 88.7 Å². The summed E-state index contributed by atoms with van der Waals surface area (Å²) in [6.07, 6.45) is 14.1. The topological polar surface area (TPSA) is 105 Å². The molecule has 0 saturated heterocycles. The monoisotopic (exact) mass is 648 g/mol. The first-order valence-electron chi connectivity index (χ1n) is 17.4. The lowest BCUT2D eigenvalue weighted by Crippen LogP contribution is -2.35. The van der Waals surface area contributed by atoms with Gasteiger partial charge in [-0.1, -0.05) is 63.3 Å². The number of hydrogen-bond acceptors (Lipinski definition) is 6. The van der Waals surface area contributed by atoms with E-state index in [9.17, 15) is 20.2 Å². The van der Waals surface area contributed by atoms with Gasteiger partial charge in [-0.25, -0.2) is 0 Å². The van der Waals surface area contributed by atoms with Crippen molar-refractivity contribution in [2.45, 2.75) is 83.0 Å². The molecule has 0 aromatic heterocycles. The standard InChI is InChI=1S/C40H44N2O6/c1-2-3-4-29-5-7-30(8-6-29)31-25-27-40(28-26-31,32-9-17-36(18-10-32)47-38-21-13-34(14-22-38)41(43)44)33-11-19-37(20-12-33)48-39-23-15-35(16-24-39)42(45)46/h9-24,29-31H,2-8,25-28H2,1H3/t29-,30-. The number of rotatable bonds is 12. The fourth-order valence-electron chi connectivity index (χ4n) is 8.02. The average Bonchev–Trinajstić information content (AvgIpc) is 3.12. The number of benzene rings is 4. The predicted molar refractivity (Wildman–Crippen MR) is 187 cm³/mol. The SMILES string of the molecule is CCCC[C@H]1CC[C@H](C2CCC(c3ccc(Oc4ccc([N+](=O)[O-])cc4)cc3)(c3ccc(Oc4ccc([N+](=O)[O-])cc4)cc3)CC2)CC1. The van der Waals surface area contributed by atoms with Crippen LogP contribution in [0.25, 0.3) is 0 Å². The van der Waals surface area contributed by atoms with E-state index < -0.39 is 9.85 Å². The van der Waals surface area contributed by atoms with Crippen LogP contribution in [0.3, 0.4) is 0 Å². The van der Waals surface area contributed by atoms with Crippen LogP contribution in [0, 0.1) is 38.0 Å². The minimum absolute atomic E-state index is 0.0314. The van der Waals surface area contributed by atoms with Crippen LogP contribution in [0.15, 0.2) is 97.1 Å². The molecule has 4 aromatic carbocycles. The first-order valence-corrected chi connectivity index (χ1v) is 17.4. The maximum Gasteiger partial charge on any atom is 0.269 e. The number of unbranched alkanes of at least 4 members (excludes halogenated alkanes) is 1. The summed E-state index contributed by atoms with van der Waals surface area (Å²) >= 11 is 0. The lowest BCUT2D eigenvalue weighted by Gasteiger charge is -2.44. The summed E-state index contributed by atoms with van der Waals surface area (Å²) in [5.41, 5.74) is 2.42. The van der Waals surface area contributed by atoms with E-state index in [4.69, 9.17) is 9.47 Å². The van der Waals surface area contributed by atoms with E-state index in [1.807, 2.05) is 24.3 Å². The molecule has 2 aliphatic rings. The van der Waals surface area contributed by atoms with Gasteiger partial charge in [0.2, 0.25) is 0 Å². The Bertz CT molecular complexity index is 1550. The Morgan fingerprint density at radius 3 is 1.33 bits per heavy atom. The van der Waals surface area contributed by atoms with E-state index in [-0.39, 0.29) is 16.8 Å². The molecule has 4 aromatic rings. The van der Waals surface area contributed by atoms with E-state index >= 15 is 0 Å². The summed E-state index contributed by atoms with van der Waals surface area (Å²) in [6, 6.07) is 28.9. The van der Waals surface area contributed by atoms with Gasteiger partial charge < -0.3 is 9.47 Å². The zero-order chi connectivity index (χ0) is 33.5. The van der Waals surface area contributed by atoms with Crippen molar-refractivity contribution in [1.29, 1.82) is 0 Å². The molecule has 250 valence electrons. The van der Waals surface area contributed by atoms with Crippen molar-refractivity contribution in [3.8, 4) is 23.0 Å². The number of nitrogens with zero attached hydrogens (tertiary/aromatic N) is 2. The summed E-state index contributed by atoms with van der Waals surface area (Å²) in [7, 11) is 0. The minimum Gasteiger partial charge on any atom is -0.457 e. The van der Waals surface area contributed by atoms with Crippen LogP contribution in [0.5, 0.6) is 23.0 Å². The normalized spacial score (nSPS) is 19.4. The fourth-order valence-corrected chi connectivity index (χ4v) is 8.02. The van der Waals surface area contributed by atoms with Crippen LogP contribution in [-0.2, 0) is 5.41 Å². The molecule has 2 fully saturated rings. The Labute approximate surface area is 282 Å². The quantitative estimate of drug-likeness (QED) is 0.112. The molecule has 2 saturated carbocycles. The zero-order valence-corrected chi connectivity index (χ0v) is 27.6. The van der Waals surface area contributed by atoms with Crippen molar-refractivity contribution in [3.63, 3.8) is 0 Å². The molecule has 6 rings (SSSR count). The Hall–Kier alpha value is -4.72. The molecule has 0 bridgehead atoms. The Morgan fingerprint density at radius 2 is 0.958 bits per heavy atom. The lowest BCUT2D eigenvalue weighted by atomic mass is 9.60. The van der Waals surface area contributed by atoms with Crippen LogP contribution in [-0.4, -0.2) is 9.85 Å². The molecule has 2 aliphatic carbocycles. The second-order valence-corrected chi connectivity index (χ2v) is 13.6. The second kappa shape index (κ2) is 15.0. The average molecular weight is 649 g/mol. The van der Waals surface area contributed by atoms with Crippen LogP contribution < -0.4 is 9.47 Å². The third-order valence-corrected chi connectivity index (χ3v) is 10.8. The van der Waals surface area contributed by atoms with E-state index in [0.29, 0.717) is 23.0 Å². The van der Waals surface area contributed by atoms with Crippen molar-refractivity contribution in [2.24, 2.45) is 17.8 Å². The van der Waals surface area contributed by atoms with Crippen LogP contribution >= 0.6 is 0 Å². The van der Waals surface area contributed by atoms with Gasteiger partial charge in [-0.3, -0.25) is 20.2 Å². The first-order chi connectivity index (χ1) is 23.3. The highest BCUT2D eigenvalue weighted by molar-refractivity contribution is 5.46. The summed E-state index contributed by atoms with van der Waals surface area (Å²) in [4.78, 5) is 21.2. The summed E-state index contributed by atoms with van der Waals surface area (Å²) in [5, 5.41) is 22.1. The molecule has 48 heavy (non-hydrogen) atoms. The minimum atomic E-state index is -0.417. The van der Waals surface area contributed by atoms with Gasteiger partial charge in [0.15, 0.2) is 0 Å². The molecule has 0 heterocycles. The van der Waals surface area contributed by atoms with Gasteiger partial charge in [0.25, 0.3) is 11.4 Å². The molecule has 8 nitrogen and oxygen atoms in total. The van der Waals surface area contributed by atoms with E-state index in [1.54, 1.807) is 24.3 Å². The molecule has 0 N–H and O–H groups in total. The van der Waals surface area contributed by atoms with Crippen LogP contribution in [0.2, 0.25) is 0 Å². The molecule has 0 atom stereocenters. The molecule has 8 heteroatoms. The van der Waals surface area contributed by atoms with Gasteiger partial charge in [0.1, 0.15) is 23.0 Å². The third kappa shape index (κ3) is 7.70. The first kappa shape index (κ1) is 33.2. The molecular weight excluding hydrogens is 604 g/mol. The zero-order valence-electron chi connectivity index (χ0n) is 27.6.